The Hall–Kier alpha value is -2.54. The minimum absolute atomic E-state index is 0.213. The van der Waals surface area contributed by atoms with Gasteiger partial charge in [0, 0.05) is 44.2 Å². The third kappa shape index (κ3) is 6.00. The minimum atomic E-state index is -0.314. The molecule has 2 aromatic carbocycles. The number of nitrogens with zero attached hydrogens (tertiary/aromatic N) is 3. The van der Waals surface area contributed by atoms with Gasteiger partial charge in [0.15, 0.2) is 0 Å². The average Bonchev–Trinajstić information content (AvgIpc) is 2.85. The van der Waals surface area contributed by atoms with E-state index in [-0.39, 0.29) is 17.4 Å². The van der Waals surface area contributed by atoms with Crippen molar-refractivity contribution in [1.82, 2.24) is 9.47 Å². The highest BCUT2D eigenvalue weighted by molar-refractivity contribution is 6.43. The number of unbranched alkanes of at least 4 members (excludes halogenated alkanes) is 1. The summed E-state index contributed by atoms with van der Waals surface area (Å²) in [5, 5.41) is 2.05. The predicted molar refractivity (Wildman–Crippen MR) is 144 cm³/mol. The number of fused-ring (bicyclic) bond motifs is 1. The number of carbonyl (C=O) groups excluding carboxylic acids is 1. The Kier molecular flexibility index (Phi) is 8.37. The molecule has 0 aliphatic carbocycles. The van der Waals surface area contributed by atoms with Crippen molar-refractivity contribution in [3.63, 3.8) is 0 Å². The number of carbonyl (C=O) groups is 1. The van der Waals surface area contributed by atoms with Crippen LogP contribution in [0.1, 0.15) is 31.5 Å². The summed E-state index contributed by atoms with van der Waals surface area (Å²) in [6.07, 6.45) is 1.95. The van der Waals surface area contributed by atoms with Crippen molar-refractivity contribution in [2.24, 2.45) is 5.92 Å². The molecule has 4 rings (SSSR count). The maximum absolute atomic E-state index is 12.6. The molecular weight excluding hydrogens is 485 g/mol. The Bertz CT molecular complexity index is 1250. The molecule has 1 fully saturated rings. The van der Waals surface area contributed by atoms with Gasteiger partial charge in [-0.15, -0.1) is 0 Å². The van der Waals surface area contributed by atoms with Crippen molar-refractivity contribution < 1.29 is 9.53 Å². The zero-order valence-electron chi connectivity index (χ0n) is 20.2. The van der Waals surface area contributed by atoms with Gasteiger partial charge in [-0.05, 0) is 55.1 Å². The SMILES string of the molecule is CC(C)C(=O)n1c(=O)ccc2ccc(OCCCCN3CCN(c4cccc(Cl)c4Cl)CC3)cc21. The van der Waals surface area contributed by atoms with Crippen molar-refractivity contribution in [2.75, 3.05) is 44.2 Å². The predicted octanol–water partition coefficient (Wildman–Crippen LogP) is 5.59. The molecular formula is C27H31Cl2N3O3. The zero-order valence-corrected chi connectivity index (χ0v) is 21.7. The molecule has 2 heterocycles. The highest BCUT2D eigenvalue weighted by atomic mass is 35.5. The summed E-state index contributed by atoms with van der Waals surface area (Å²) in [5.41, 5.74) is 1.28. The van der Waals surface area contributed by atoms with Crippen LogP contribution in [0.5, 0.6) is 5.75 Å². The monoisotopic (exact) mass is 515 g/mol. The quantitative estimate of drug-likeness (QED) is 0.366. The van der Waals surface area contributed by atoms with Crippen LogP contribution in [-0.4, -0.2) is 54.7 Å². The lowest BCUT2D eigenvalue weighted by Crippen LogP contribution is -2.46. The van der Waals surface area contributed by atoms with Crippen molar-refractivity contribution in [1.29, 1.82) is 0 Å². The summed E-state index contributed by atoms with van der Waals surface area (Å²) in [6.45, 7) is 8.99. The van der Waals surface area contributed by atoms with E-state index in [4.69, 9.17) is 27.9 Å². The summed E-state index contributed by atoms with van der Waals surface area (Å²) < 4.78 is 7.21. The third-order valence-corrected chi connectivity index (χ3v) is 7.17. The van der Waals surface area contributed by atoms with Crippen LogP contribution in [0.2, 0.25) is 10.0 Å². The molecule has 0 saturated carbocycles. The fourth-order valence-electron chi connectivity index (χ4n) is 4.36. The van der Waals surface area contributed by atoms with Crippen molar-refractivity contribution in [3.8, 4) is 5.75 Å². The van der Waals surface area contributed by atoms with E-state index in [0.717, 1.165) is 56.6 Å². The van der Waals surface area contributed by atoms with Gasteiger partial charge in [-0.25, -0.2) is 4.57 Å². The van der Waals surface area contributed by atoms with Crippen molar-refractivity contribution in [3.05, 3.63) is 68.9 Å². The van der Waals surface area contributed by atoms with Gasteiger partial charge in [-0.3, -0.25) is 14.5 Å². The van der Waals surface area contributed by atoms with Crippen LogP contribution in [0.25, 0.3) is 10.9 Å². The number of ether oxygens (including phenoxy) is 1. The number of benzene rings is 2. The fourth-order valence-corrected chi connectivity index (χ4v) is 4.78. The molecule has 1 aromatic heterocycles. The lowest BCUT2D eigenvalue weighted by Gasteiger charge is -2.36. The number of pyridine rings is 1. The Morgan fingerprint density at radius 1 is 1.00 bits per heavy atom. The maximum atomic E-state index is 12.6. The number of hydrogen-bond acceptors (Lipinski definition) is 5. The first-order valence-corrected chi connectivity index (χ1v) is 12.8. The van der Waals surface area contributed by atoms with E-state index in [1.165, 1.54) is 10.6 Å². The second-order valence-electron chi connectivity index (χ2n) is 9.18. The molecule has 1 aliphatic rings. The molecule has 186 valence electrons. The molecule has 0 atom stereocenters. The molecule has 35 heavy (non-hydrogen) atoms. The van der Waals surface area contributed by atoms with E-state index in [9.17, 15) is 9.59 Å². The molecule has 1 aliphatic heterocycles. The van der Waals surface area contributed by atoms with Crippen molar-refractivity contribution >= 4 is 45.7 Å². The normalized spacial score (nSPS) is 14.6. The smallest absolute Gasteiger partial charge is 0.257 e. The van der Waals surface area contributed by atoms with Crippen LogP contribution in [0.15, 0.2) is 53.3 Å². The Balaban J connectivity index is 1.26. The maximum Gasteiger partial charge on any atom is 0.257 e. The van der Waals surface area contributed by atoms with Crippen LogP contribution >= 0.6 is 23.2 Å². The molecule has 0 amide bonds. The Labute approximate surface area is 216 Å². The summed E-state index contributed by atoms with van der Waals surface area (Å²) in [5.74, 6) is 0.183. The van der Waals surface area contributed by atoms with Crippen LogP contribution in [0.3, 0.4) is 0 Å². The van der Waals surface area contributed by atoms with Crippen molar-refractivity contribution in [2.45, 2.75) is 26.7 Å². The molecule has 0 spiro atoms. The molecule has 3 aromatic rings. The largest absolute Gasteiger partial charge is 0.494 e. The summed E-state index contributed by atoms with van der Waals surface area (Å²) in [6, 6.07) is 14.5. The first-order chi connectivity index (χ1) is 16.8. The van der Waals surface area contributed by atoms with Gasteiger partial charge < -0.3 is 9.64 Å². The molecule has 0 radical (unpaired) electrons. The second kappa shape index (κ2) is 11.5. The van der Waals surface area contributed by atoms with Crippen LogP contribution in [-0.2, 0) is 0 Å². The number of rotatable bonds is 8. The van der Waals surface area contributed by atoms with Crippen LogP contribution < -0.4 is 15.2 Å². The molecule has 0 unspecified atom stereocenters. The number of hydrogen-bond donors (Lipinski definition) is 0. The molecule has 0 bridgehead atoms. The lowest BCUT2D eigenvalue weighted by molar-refractivity contribution is 0.0856. The molecule has 0 N–H and O–H groups in total. The van der Waals surface area contributed by atoms with E-state index in [0.29, 0.717) is 27.9 Å². The number of aromatic nitrogens is 1. The molecule has 1 saturated heterocycles. The van der Waals surface area contributed by atoms with Gasteiger partial charge in [-0.2, -0.15) is 0 Å². The van der Waals surface area contributed by atoms with E-state index in [2.05, 4.69) is 9.80 Å². The fraction of sp³-hybridized carbons (Fsp3) is 0.407. The first-order valence-electron chi connectivity index (χ1n) is 12.1. The highest BCUT2D eigenvalue weighted by Gasteiger charge is 2.19. The summed E-state index contributed by atoms with van der Waals surface area (Å²) in [7, 11) is 0. The van der Waals surface area contributed by atoms with Gasteiger partial charge in [0.05, 0.1) is 27.9 Å². The number of anilines is 1. The third-order valence-electron chi connectivity index (χ3n) is 6.36. The second-order valence-corrected chi connectivity index (χ2v) is 9.96. The van der Waals surface area contributed by atoms with E-state index < -0.39 is 0 Å². The highest BCUT2D eigenvalue weighted by Crippen LogP contribution is 2.32. The number of halogens is 2. The number of piperazine rings is 1. The van der Waals surface area contributed by atoms with Gasteiger partial charge in [0.1, 0.15) is 5.75 Å². The van der Waals surface area contributed by atoms with E-state index >= 15 is 0 Å². The van der Waals surface area contributed by atoms with Gasteiger partial charge >= 0.3 is 0 Å². The van der Waals surface area contributed by atoms with Gasteiger partial charge in [0.2, 0.25) is 5.91 Å². The molecule has 8 heteroatoms. The first kappa shape index (κ1) is 25.5. The van der Waals surface area contributed by atoms with Crippen LogP contribution in [0, 0.1) is 5.92 Å². The topological polar surface area (TPSA) is 54.8 Å². The lowest BCUT2D eigenvalue weighted by atomic mass is 10.1. The van der Waals surface area contributed by atoms with E-state index in [1.807, 2.05) is 30.3 Å². The van der Waals surface area contributed by atoms with E-state index in [1.54, 1.807) is 26.0 Å². The zero-order chi connectivity index (χ0) is 24.9. The summed E-state index contributed by atoms with van der Waals surface area (Å²) >= 11 is 12.5. The Morgan fingerprint density at radius 3 is 2.49 bits per heavy atom. The van der Waals surface area contributed by atoms with Crippen LogP contribution in [0.4, 0.5) is 5.69 Å². The standard InChI is InChI=1S/C27H31Cl2N3O3/c1-19(2)27(34)32-24-18-21(10-8-20(24)9-11-25(32)33)35-17-4-3-12-30-13-15-31(16-14-30)23-7-5-6-22(28)26(23)29/h5-11,18-19H,3-4,12-17H2,1-2H3. The average molecular weight is 516 g/mol. The van der Waals surface area contributed by atoms with Gasteiger partial charge in [-0.1, -0.05) is 43.1 Å². The molecule has 6 nitrogen and oxygen atoms in total. The minimum Gasteiger partial charge on any atom is -0.494 e. The van der Waals surface area contributed by atoms with Gasteiger partial charge in [0.25, 0.3) is 5.56 Å². The Morgan fingerprint density at radius 2 is 1.74 bits per heavy atom. The summed E-state index contributed by atoms with van der Waals surface area (Å²) in [4.78, 5) is 29.7.